The van der Waals surface area contributed by atoms with Crippen LogP contribution in [-0.4, -0.2) is 76.6 Å². The summed E-state index contributed by atoms with van der Waals surface area (Å²) >= 11 is 0. The first kappa shape index (κ1) is 22.0. The summed E-state index contributed by atoms with van der Waals surface area (Å²) in [6.45, 7) is 3.51. The summed E-state index contributed by atoms with van der Waals surface area (Å²) in [4.78, 5) is 14.8. The Morgan fingerprint density at radius 3 is 2.38 bits per heavy atom. The Balaban J connectivity index is 1.71. The fourth-order valence-corrected chi connectivity index (χ4v) is 5.35. The van der Waals surface area contributed by atoms with Crippen molar-refractivity contribution in [2.45, 2.75) is 37.0 Å². The first-order valence-corrected chi connectivity index (χ1v) is 11.7. The number of rotatable bonds is 6. The van der Waals surface area contributed by atoms with Crippen LogP contribution in [0.3, 0.4) is 0 Å². The predicted molar refractivity (Wildman–Crippen MR) is 111 cm³/mol. The fourth-order valence-electron chi connectivity index (χ4n) is 3.76. The first-order chi connectivity index (χ1) is 14.0. The molecule has 1 aromatic rings. The van der Waals surface area contributed by atoms with Crippen LogP contribution in [0.15, 0.2) is 23.1 Å². The number of morpholine rings is 1. The number of anilines is 1. The molecule has 2 fully saturated rings. The number of ether oxygens (including phenoxy) is 2. The van der Waals surface area contributed by atoms with Gasteiger partial charge in [-0.3, -0.25) is 9.69 Å². The Morgan fingerprint density at radius 2 is 1.72 bits per heavy atom. The number of hydrogen-bond acceptors (Lipinski definition) is 6. The zero-order valence-corrected chi connectivity index (χ0v) is 17.9. The number of hydrogen-bond donors (Lipinski definition) is 1. The average molecular weight is 426 g/mol. The van der Waals surface area contributed by atoms with Gasteiger partial charge in [0.15, 0.2) is 0 Å². The van der Waals surface area contributed by atoms with Gasteiger partial charge in [-0.15, -0.1) is 0 Å². The molecule has 0 saturated carbocycles. The van der Waals surface area contributed by atoms with Gasteiger partial charge in [0.1, 0.15) is 10.6 Å². The van der Waals surface area contributed by atoms with Crippen molar-refractivity contribution < 1.29 is 22.7 Å². The fraction of sp³-hybridized carbons (Fsp3) is 0.650. The Hall–Kier alpha value is -1.68. The highest BCUT2D eigenvalue weighted by molar-refractivity contribution is 7.89. The normalized spacial score (nSPS) is 19.9. The van der Waals surface area contributed by atoms with Gasteiger partial charge in [-0.25, -0.2) is 8.42 Å². The van der Waals surface area contributed by atoms with Crippen molar-refractivity contribution in [1.29, 1.82) is 0 Å². The predicted octanol–water partition coefficient (Wildman–Crippen LogP) is 1.92. The van der Waals surface area contributed by atoms with Gasteiger partial charge in [-0.1, -0.05) is 19.3 Å². The molecule has 1 aromatic carbocycles. The molecule has 0 spiro atoms. The molecule has 0 unspecified atom stereocenters. The van der Waals surface area contributed by atoms with Crippen LogP contribution in [-0.2, 0) is 19.6 Å². The Morgan fingerprint density at radius 1 is 1.07 bits per heavy atom. The molecule has 2 aliphatic heterocycles. The van der Waals surface area contributed by atoms with E-state index in [1.807, 2.05) is 0 Å². The zero-order valence-electron chi connectivity index (χ0n) is 17.1. The van der Waals surface area contributed by atoms with E-state index in [0.29, 0.717) is 38.5 Å². The van der Waals surface area contributed by atoms with Gasteiger partial charge in [-0.2, -0.15) is 4.31 Å². The van der Waals surface area contributed by atoms with Crippen LogP contribution in [0.25, 0.3) is 0 Å². The zero-order chi connectivity index (χ0) is 20.7. The molecular formula is C20H31N3O5S. The lowest BCUT2D eigenvalue weighted by Crippen LogP contribution is -2.40. The summed E-state index contributed by atoms with van der Waals surface area (Å²) in [7, 11) is -2.29. The molecule has 3 rings (SSSR count). The molecule has 0 aromatic heterocycles. The van der Waals surface area contributed by atoms with Crippen molar-refractivity contribution in [1.82, 2.24) is 9.21 Å². The maximum atomic E-state index is 13.1. The van der Waals surface area contributed by atoms with Crippen LogP contribution in [0.5, 0.6) is 5.75 Å². The van der Waals surface area contributed by atoms with E-state index in [1.165, 1.54) is 36.7 Å². The molecule has 0 aliphatic carbocycles. The first-order valence-electron chi connectivity index (χ1n) is 10.3. The van der Waals surface area contributed by atoms with Gasteiger partial charge >= 0.3 is 0 Å². The number of benzene rings is 1. The Kier molecular flexibility index (Phi) is 7.88. The molecular weight excluding hydrogens is 394 g/mol. The Labute approximate surface area is 173 Å². The van der Waals surface area contributed by atoms with E-state index >= 15 is 0 Å². The summed E-state index contributed by atoms with van der Waals surface area (Å²) in [5, 5.41) is 2.85. The van der Waals surface area contributed by atoms with Crippen molar-refractivity contribution in [2.75, 3.05) is 58.4 Å². The minimum Gasteiger partial charge on any atom is -0.495 e. The van der Waals surface area contributed by atoms with E-state index in [9.17, 15) is 13.2 Å². The molecule has 1 amide bonds. The summed E-state index contributed by atoms with van der Waals surface area (Å²) < 4.78 is 38.0. The lowest BCUT2D eigenvalue weighted by molar-refractivity contribution is -0.117. The monoisotopic (exact) mass is 425 g/mol. The van der Waals surface area contributed by atoms with Crippen molar-refractivity contribution in [3.05, 3.63) is 18.2 Å². The minimum absolute atomic E-state index is 0.0611. The van der Waals surface area contributed by atoms with E-state index in [4.69, 9.17) is 9.47 Å². The van der Waals surface area contributed by atoms with Gasteiger partial charge in [0.2, 0.25) is 15.9 Å². The minimum atomic E-state index is -3.73. The molecule has 2 saturated heterocycles. The van der Waals surface area contributed by atoms with Crippen LogP contribution in [0.1, 0.15) is 32.1 Å². The van der Waals surface area contributed by atoms with E-state index in [0.717, 1.165) is 25.9 Å². The van der Waals surface area contributed by atoms with Crippen LogP contribution in [0, 0.1) is 0 Å². The largest absolute Gasteiger partial charge is 0.495 e. The van der Waals surface area contributed by atoms with Crippen LogP contribution >= 0.6 is 0 Å². The van der Waals surface area contributed by atoms with Crippen molar-refractivity contribution >= 4 is 21.6 Å². The molecule has 0 bridgehead atoms. The van der Waals surface area contributed by atoms with Gasteiger partial charge in [0.05, 0.1) is 26.9 Å². The van der Waals surface area contributed by atoms with Crippen LogP contribution in [0.4, 0.5) is 5.69 Å². The highest BCUT2D eigenvalue weighted by atomic mass is 32.2. The van der Waals surface area contributed by atoms with Crippen molar-refractivity contribution in [2.24, 2.45) is 0 Å². The highest BCUT2D eigenvalue weighted by Crippen LogP contribution is 2.30. The van der Waals surface area contributed by atoms with Gasteiger partial charge in [0, 0.05) is 18.8 Å². The van der Waals surface area contributed by atoms with Gasteiger partial charge < -0.3 is 14.8 Å². The quantitative estimate of drug-likeness (QED) is 0.749. The van der Waals surface area contributed by atoms with E-state index in [2.05, 4.69) is 10.2 Å². The van der Waals surface area contributed by atoms with Crippen molar-refractivity contribution in [3.63, 3.8) is 0 Å². The maximum Gasteiger partial charge on any atom is 0.246 e. The van der Waals surface area contributed by atoms with Crippen molar-refractivity contribution in [3.8, 4) is 5.75 Å². The molecule has 29 heavy (non-hydrogen) atoms. The molecule has 2 aliphatic rings. The number of nitrogens with zero attached hydrogens (tertiary/aromatic N) is 2. The second-order valence-electron chi connectivity index (χ2n) is 7.47. The summed E-state index contributed by atoms with van der Waals surface area (Å²) in [6.07, 6.45) is 5.90. The summed E-state index contributed by atoms with van der Waals surface area (Å²) in [5.74, 6) is 0.128. The molecule has 0 radical (unpaired) electrons. The molecule has 1 N–H and O–H groups in total. The summed E-state index contributed by atoms with van der Waals surface area (Å²) in [6, 6.07) is 4.73. The third-order valence-electron chi connectivity index (χ3n) is 5.35. The third kappa shape index (κ3) is 5.91. The summed E-state index contributed by atoms with van der Waals surface area (Å²) in [5.41, 5.74) is 0.453. The average Bonchev–Trinajstić information content (AvgIpc) is 2.70. The molecule has 162 valence electrons. The molecule has 2 heterocycles. The maximum absolute atomic E-state index is 13.1. The second-order valence-corrected chi connectivity index (χ2v) is 9.38. The number of methoxy groups -OCH3 is 1. The van der Waals surface area contributed by atoms with E-state index in [1.54, 1.807) is 12.1 Å². The van der Waals surface area contributed by atoms with E-state index < -0.39 is 10.0 Å². The number of carbonyl (C=O) groups excluding carboxylic acids is 1. The highest BCUT2D eigenvalue weighted by Gasteiger charge is 2.29. The SMILES string of the molecule is COc1ccc(NC(=O)CN2CCCCCCC2)cc1S(=O)(=O)N1CCOCC1. The number of nitrogens with one attached hydrogen (secondary N) is 1. The van der Waals surface area contributed by atoms with Gasteiger partial charge in [0.25, 0.3) is 0 Å². The standard InChI is InChI=1S/C20H31N3O5S/c1-27-18-8-7-17(15-19(18)29(25,26)23-11-13-28-14-12-23)21-20(24)16-22-9-5-3-2-4-6-10-22/h7-8,15H,2-6,9-14,16H2,1H3,(H,21,24). The Bertz CT molecular complexity index is 785. The lowest BCUT2D eigenvalue weighted by Gasteiger charge is -2.27. The van der Waals surface area contributed by atoms with E-state index in [-0.39, 0.29) is 16.6 Å². The van der Waals surface area contributed by atoms with Crippen LogP contribution in [0.2, 0.25) is 0 Å². The number of carbonyl (C=O) groups is 1. The number of sulfonamides is 1. The third-order valence-corrected chi connectivity index (χ3v) is 7.27. The van der Waals surface area contributed by atoms with Gasteiger partial charge in [-0.05, 0) is 44.1 Å². The second kappa shape index (κ2) is 10.4. The topological polar surface area (TPSA) is 88.2 Å². The lowest BCUT2D eigenvalue weighted by atomic mass is 10.1. The number of amides is 1. The van der Waals surface area contributed by atoms with Crippen LogP contribution < -0.4 is 10.1 Å². The smallest absolute Gasteiger partial charge is 0.246 e. The number of likely N-dealkylation sites (tertiary alicyclic amines) is 1. The molecule has 8 nitrogen and oxygen atoms in total. The molecule has 9 heteroatoms. The molecule has 0 atom stereocenters.